The lowest BCUT2D eigenvalue weighted by molar-refractivity contribution is 0.414. The van der Waals surface area contributed by atoms with Crippen LogP contribution < -0.4 is 15.4 Å². The summed E-state index contributed by atoms with van der Waals surface area (Å²) < 4.78 is 6.33. The van der Waals surface area contributed by atoms with Crippen LogP contribution >= 0.6 is 27.3 Å². The molecule has 0 unspecified atom stereocenters. The molecule has 0 aliphatic heterocycles. The molecule has 1 aromatic carbocycles. The van der Waals surface area contributed by atoms with E-state index >= 15 is 0 Å². The zero-order chi connectivity index (χ0) is 15.1. The second kappa shape index (κ2) is 8.05. The van der Waals surface area contributed by atoms with Crippen molar-refractivity contribution in [3.8, 4) is 5.75 Å². The minimum absolute atomic E-state index is 0.699. The Morgan fingerprint density at radius 2 is 2.10 bits per heavy atom. The molecule has 1 heterocycles. The summed E-state index contributed by atoms with van der Waals surface area (Å²) >= 11 is 5.17. The molecule has 112 valence electrons. The van der Waals surface area contributed by atoms with Crippen LogP contribution in [0.2, 0.25) is 0 Å². The van der Waals surface area contributed by atoms with E-state index in [-0.39, 0.29) is 0 Å². The number of guanidine groups is 1. The Bertz CT molecular complexity index is 612. The fourth-order valence-corrected chi connectivity index (χ4v) is 3.20. The standard InChI is InChI=1S/C15H18BrN3OS/c1-17-15(19-9-14-7-12(16)10-21-14)18-8-11-4-3-5-13(6-11)20-2/h3-7,10H,8-9H2,1-2H3,(H2,17,18,19). The van der Waals surface area contributed by atoms with Gasteiger partial charge in [-0.1, -0.05) is 12.1 Å². The third kappa shape index (κ3) is 5.06. The Morgan fingerprint density at radius 3 is 2.76 bits per heavy atom. The van der Waals surface area contributed by atoms with Gasteiger partial charge in [0, 0.05) is 28.3 Å². The SMILES string of the molecule is CN=C(NCc1cccc(OC)c1)NCc1cc(Br)cs1. The normalized spacial score (nSPS) is 11.3. The van der Waals surface area contributed by atoms with Crippen molar-refractivity contribution in [2.24, 2.45) is 4.99 Å². The van der Waals surface area contributed by atoms with Crippen LogP contribution in [0.4, 0.5) is 0 Å². The monoisotopic (exact) mass is 367 g/mol. The van der Waals surface area contributed by atoms with Gasteiger partial charge in [0.15, 0.2) is 5.96 Å². The highest BCUT2D eigenvalue weighted by Gasteiger charge is 2.02. The Balaban J connectivity index is 1.84. The van der Waals surface area contributed by atoms with Crippen molar-refractivity contribution in [1.82, 2.24) is 10.6 Å². The van der Waals surface area contributed by atoms with E-state index in [2.05, 4.69) is 49.1 Å². The lowest BCUT2D eigenvalue weighted by atomic mass is 10.2. The number of halogens is 1. The van der Waals surface area contributed by atoms with Crippen LogP contribution in [0, 0.1) is 0 Å². The summed E-state index contributed by atoms with van der Waals surface area (Å²) in [5, 5.41) is 8.66. The van der Waals surface area contributed by atoms with Crippen molar-refractivity contribution in [2.45, 2.75) is 13.1 Å². The van der Waals surface area contributed by atoms with Gasteiger partial charge in [0.2, 0.25) is 0 Å². The highest BCUT2D eigenvalue weighted by molar-refractivity contribution is 9.10. The van der Waals surface area contributed by atoms with Gasteiger partial charge in [0.25, 0.3) is 0 Å². The summed E-state index contributed by atoms with van der Waals surface area (Å²) in [6, 6.07) is 10.1. The van der Waals surface area contributed by atoms with Gasteiger partial charge in [0.1, 0.15) is 5.75 Å². The number of benzene rings is 1. The molecule has 6 heteroatoms. The van der Waals surface area contributed by atoms with Crippen LogP contribution in [0.25, 0.3) is 0 Å². The maximum atomic E-state index is 5.22. The van der Waals surface area contributed by atoms with E-state index in [1.165, 1.54) is 4.88 Å². The lowest BCUT2D eigenvalue weighted by Crippen LogP contribution is -2.36. The largest absolute Gasteiger partial charge is 0.497 e. The van der Waals surface area contributed by atoms with Crippen LogP contribution in [-0.2, 0) is 13.1 Å². The van der Waals surface area contributed by atoms with E-state index in [0.29, 0.717) is 6.54 Å². The average molecular weight is 368 g/mol. The maximum Gasteiger partial charge on any atom is 0.191 e. The first kappa shape index (κ1) is 15.9. The molecule has 1 aromatic heterocycles. The van der Waals surface area contributed by atoms with Crippen LogP contribution in [0.3, 0.4) is 0 Å². The Morgan fingerprint density at radius 1 is 1.29 bits per heavy atom. The number of methoxy groups -OCH3 is 1. The second-order valence-corrected chi connectivity index (χ2v) is 6.27. The Kier molecular flexibility index (Phi) is 6.07. The molecule has 0 aliphatic rings. The van der Waals surface area contributed by atoms with Gasteiger partial charge in [-0.25, -0.2) is 0 Å². The van der Waals surface area contributed by atoms with E-state index in [1.54, 1.807) is 25.5 Å². The molecule has 0 radical (unpaired) electrons. The van der Waals surface area contributed by atoms with Crippen molar-refractivity contribution < 1.29 is 4.74 Å². The van der Waals surface area contributed by atoms with Crippen LogP contribution in [0.15, 0.2) is 45.2 Å². The second-order valence-electron chi connectivity index (χ2n) is 4.36. The molecule has 0 atom stereocenters. The number of hydrogen-bond donors (Lipinski definition) is 2. The molecule has 0 bridgehead atoms. The number of thiophene rings is 1. The smallest absolute Gasteiger partial charge is 0.191 e. The summed E-state index contributed by atoms with van der Waals surface area (Å²) in [6.07, 6.45) is 0. The number of hydrogen-bond acceptors (Lipinski definition) is 3. The predicted molar refractivity (Wildman–Crippen MR) is 92.1 cm³/mol. The van der Waals surface area contributed by atoms with E-state index in [9.17, 15) is 0 Å². The molecule has 4 nitrogen and oxygen atoms in total. The Hall–Kier alpha value is -1.53. The number of nitrogens with zero attached hydrogens (tertiary/aromatic N) is 1. The first-order valence-electron chi connectivity index (χ1n) is 6.51. The van der Waals surface area contributed by atoms with Crippen LogP contribution in [0.1, 0.15) is 10.4 Å². The zero-order valence-electron chi connectivity index (χ0n) is 12.0. The van der Waals surface area contributed by atoms with Crippen molar-refractivity contribution in [1.29, 1.82) is 0 Å². The quantitative estimate of drug-likeness (QED) is 0.628. The van der Waals surface area contributed by atoms with Gasteiger partial charge in [-0.3, -0.25) is 4.99 Å². The highest BCUT2D eigenvalue weighted by atomic mass is 79.9. The molecule has 2 rings (SSSR count). The van der Waals surface area contributed by atoms with Gasteiger partial charge >= 0.3 is 0 Å². The first-order chi connectivity index (χ1) is 10.2. The number of aliphatic imine (C=N–C) groups is 1. The number of rotatable bonds is 5. The van der Waals surface area contributed by atoms with Crippen molar-refractivity contribution >= 4 is 33.2 Å². The third-order valence-electron chi connectivity index (χ3n) is 2.87. The predicted octanol–water partition coefficient (Wildman–Crippen LogP) is 3.38. The molecule has 0 fully saturated rings. The van der Waals surface area contributed by atoms with E-state index in [1.807, 2.05) is 18.2 Å². The topological polar surface area (TPSA) is 45.7 Å². The minimum atomic E-state index is 0.699. The summed E-state index contributed by atoms with van der Waals surface area (Å²) in [5.41, 5.74) is 1.15. The average Bonchev–Trinajstić information content (AvgIpc) is 2.93. The van der Waals surface area contributed by atoms with E-state index < -0.39 is 0 Å². The molecule has 0 saturated heterocycles. The highest BCUT2D eigenvalue weighted by Crippen LogP contribution is 2.19. The third-order valence-corrected chi connectivity index (χ3v) is 4.57. The Labute approximate surface area is 137 Å². The van der Waals surface area contributed by atoms with Gasteiger partial charge in [0.05, 0.1) is 13.7 Å². The van der Waals surface area contributed by atoms with Gasteiger partial charge in [-0.2, -0.15) is 0 Å². The van der Waals surface area contributed by atoms with Gasteiger partial charge in [-0.05, 0) is 39.7 Å². The summed E-state index contributed by atoms with van der Waals surface area (Å²) in [5.74, 6) is 1.64. The molecule has 0 saturated carbocycles. The fraction of sp³-hybridized carbons (Fsp3) is 0.267. The first-order valence-corrected chi connectivity index (χ1v) is 8.19. The van der Waals surface area contributed by atoms with Crippen LogP contribution in [-0.4, -0.2) is 20.1 Å². The molecular formula is C15H18BrN3OS. The number of nitrogens with one attached hydrogen (secondary N) is 2. The summed E-state index contributed by atoms with van der Waals surface area (Å²) in [4.78, 5) is 5.48. The molecular weight excluding hydrogens is 350 g/mol. The lowest BCUT2D eigenvalue weighted by Gasteiger charge is -2.11. The zero-order valence-corrected chi connectivity index (χ0v) is 14.4. The fourth-order valence-electron chi connectivity index (χ4n) is 1.81. The van der Waals surface area contributed by atoms with Crippen molar-refractivity contribution in [3.05, 3.63) is 50.6 Å². The van der Waals surface area contributed by atoms with Crippen LogP contribution in [0.5, 0.6) is 5.75 Å². The summed E-state index contributed by atoms with van der Waals surface area (Å²) in [7, 11) is 3.44. The van der Waals surface area contributed by atoms with E-state index in [4.69, 9.17) is 4.74 Å². The molecule has 2 aromatic rings. The van der Waals surface area contributed by atoms with Gasteiger partial charge in [-0.15, -0.1) is 11.3 Å². The molecule has 0 aliphatic carbocycles. The maximum absolute atomic E-state index is 5.22. The molecule has 21 heavy (non-hydrogen) atoms. The van der Waals surface area contributed by atoms with Crippen molar-refractivity contribution in [2.75, 3.05) is 14.2 Å². The minimum Gasteiger partial charge on any atom is -0.497 e. The molecule has 0 spiro atoms. The van der Waals surface area contributed by atoms with Gasteiger partial charge < -0.3 is 15.4 Å². The van der Waals surface area contributed by atoms with E-state index in [0.717, 1.165) is 28.3 Å². The van der Waals surface area contributed by atoms with Crippen molar-refractivity contribution in [3.63, 3.8) is 0 Å². The molecule has 2 N–H and O–H groups in total. The summed E-state index contributed by atoms with van der Waals surface area (Å²) in [6.45, 7) is 1.46. The number of ether oxygens (including phenoxy) is 1. The molecule has 0 amide bonds.